The number of Topliss-reactive ketones (excluding diaryl/α,β-unsaturated/α-hetero) is 2. The van der Waals surface area contributed by atoms with Crippen molar-refractivity contribution < 1.29 is 9.59 Å². The second-order valence-electron chi connectivity index (χ2n) is 4.59. The van der Waals surface area contributed by atoms with Crippen molar-refractivity contribution in [3.8, 4) is 0 Å². The van der Waals surface area contributed by atoms with Crippen molar-refractivity contribution in [2.75, 3.05) is 5.73 Å². The van der Waals surface area contributed by atoms with Crippen LogP contribution >= 0.6 is 0 Å². The molecule has 1 aromatic carbocycles. The fraction of sp³-hybridized carbons (Fsp3) is 0.467. The maximum atomic E-state index is 12.0. The first-order valence-electron chi connectivity index (χ1n) is 6.50. The molecular formula is C15H21NO2. The highest BCUT2D eigenvalue weighted by Gasteiger charge is 2.11. The summed E-state index contributed by atoms with van der Waals surface area (Å²) in [6.07, 6.45) is 4.75. The van der Waals surface area contributed by atoms with Gasteiger partial charge in [0.05, 0.1) is 0 Å². The smallest absolute Gasteiger partial charge is 0.164 e. The predicted octanol–water partition coefficient (Wildman–Crippen LogP) is 3.62. The zero-order valence-corrected chi connectivity index (χ0v) is 11.2. The van der Waals surface area contributed by atoms with Crippen molar-refractivity contribution in [2.45, 2.75) is 46.0 Å². The third kappa shape index (κ3) is 3.99. The molecule has 0 aliphatic carbocycles. The molecule has 0 radical (unpaired) electrons. The average molecular weight is 247 g/mol. The summed E-state index contributed by atoms with van der Waals surface area (Å²) in [6.45, 7) is 3.62. The number of hydrogen-bond donors (Lipinski definition) is 1. The molecule has 0 amide bonds. The Balaban J connectivity index is 2.72. The number of ketones is 2. The Kier molecular flexibility index (Phi) is 5.56. The van der Waals surface area contributed by atoms with Gasteiger partial charge in [0.1, 0.15) is 0 Å². The summed E-state index contributed by atoms with van der Waals surface area (Å²) >= 11 is 0. The molecule has 0 aromatic heterocycles. The molecular weight excluding hydrogens is 226 g/mol. The van der Waals surface area contributed by atoms with Gasteiger partial charge in [-0.1, -0.05) is 26.2 Å². The maximum absolute atomic E-state index is 12.0. The van der Waals surface area contributed by atoms with Gasteiger partial charge in [-0.05, 0) is 31.5 Å². The highest BCUT2D eigenvalue weighted by molar-refractivity contribution is 6.04. The second-order valence-corrected chi connectivity index (χ2v) is 4.59. The third-order valence-corrected chi connectivity index (χ3v) is 3.02. The lowest BCUT2D eigenvalue weighted by Gasteiger charge is -2.06. The van der Waals surface area contributed by atoms with E-state index in [1.807, 2.05) is 0 Å². The second kappa shape index (κ2) is 6.94. The van der Waals surface area contributed by atoms with Gasteiger partial charge in [0.25, 0.3) is 0 Å². The monoisotopic (exact) mass is 247 g/mol. The Morgan fingerprint density at radius 1 is 1.17 bits per heavy atom. The molecule has 3 nitrogen and oxygen atoms in total. The summed E-state index contributed by atoms with van der Waals surface area (Å²) in [5.41, 5.74) is 7.28. The number of carbonyl (C=O) groups is 2. The lowest BCUT2D eigenvalue weighted by Crippen LogP contribution is -2.06. The molecule has 18 heavy (non-hydrogen) atoms. The molecule has 3 heteroatoms. The topological polar surface area (TPSA) is 60.2 Å². The van der Waals surface area contributed by atoms with E-state index in [1.54, 1.807) is 18.2 Å². The van der Waals surface area contributed by atoms with Gasteiger partial charge in [0, 0.05) is 23.2 Å². The van der Waals surface area contributed by atoms with E-state index in [-0.39, 0.29) is 11.6 Å². The fourth-order valence-corrected chi connectivity index (χ4v) is 1.86. The fourth-order valence-electron chi connectivity index (χ4n) is 1.86. The number of anilines is 1. The SMILES string of the molecule is CCCCCCC(=O)c1cc(C(C)=O)ccc1N. The zero-order valence-electron chi connectivity index (χ0n) is 11.2. The first-order valence-corrected chi connectivity index (χ1v) is 6.50. The predicted molar refractivity (Wildman–Crippen MR) is 73.9 cm³/mol. The Hall–Kier alpha value is -1.64. The van der Waals surface area contributed by atoms with E-state index in [0.717, 1.165) is 25.7 Å². The Morgan fingerprint density at radius 2 is 1.89 bits per heavy atom. The number of rotatable bonds is 7. The standard InChI is InChI=1S/C15H21NO2/c1-3-4-5-6-7-15(18)13-10-12(11(2)17)8-9-14(13)16/h8-10H,3-7,16H2,1-2H3. The van der Waals surface area contributed by atoms with Gasteiger partial charge in [-0.15, -0.1) is 0 Å². The summed E-state index contributed by atoms with van der Waals surface area (Å²) in [5, 5.41) is 0. The van der Waals surface area contributed by atoms with E-state index in [4.69, 9.17) is 5.73 Å². The van der Waals surface area contributed by atoms with Crippen LogP contribution in [0.25, 0.3) is 0 Å². The van der Waals surface area contributed by atoms with Crippen LogP contribution < -0.4 is 5.73 Å². The zero-order chi connectivity index (χ0) is 13.5. The van der Waals surface area contributed by atoms with Crippen LogP contribution in [0.15, 0.2) is 18.2 Å². The van der Waals surface area contributed by atoms with Gasteiger partial charge < -0.3 is 5.73 Å². The minimum atomic E-state index is -0.0463. The number of benzene rings is 1. The molecule has 98 valence electrons. The molecule has 0 aliphatic rings. The molecule has 0 saturated carbocycles. The summed E-state index contributed by atoms with van der Waals surface area (Å²) in [7, 11) is 0. The molecule has 0 fully saturated rings. The number of hydrogen-bond acceptors (Lipinski definition) is 3. The molecule has 2 N–H and O–H groups in total. The van der Waals surface area contributed by atoms with E-state index in [9.17, 15) is 9.59 Å². The number of nitrogen functional groups attached to an aromatic ring is 1. The first kappa shape index (κ1) is 14.4. The minimum absolute atomic E-state index is 0.0340. The molecule has 0 heterocycles. The minimum Gasteiger partial charge on any atom is -0.398 e. The van der Waals surface area contributed by atoms with Crippen LogP contribution in [0.3, 0.4) is 0 Å². The van der Waals surface area contributed by atoms with Crippen molar-refractivity contribution >= 4 is 17.3 Å². The van der Waals surface area contributed by atoms with Gasteiger partial charge in [0.15, 0.2) is 11.6 Å². The molecule has 1 rings (SSSR count). The lowest BCUT2D eigenvalue weighted by atomic mass is 9.99. The van der Waals surface area contributed by atoms with Gasteiger partial charge in [-0.25, -0.2) is 0 Å². The molecule has 0 atom stereocenters. The van der Waals surface area contributed by atoms with Crippen molar-refractivity contribution in [1.29, 1.82) is 0 Å². The van der Waals surface area contributed by atoms with E-state index < -0.39 is 0 Å². The van der Waals surface area contributed by atoms with Crippen LogP contribution in [0.1, 0.15) is 66.7 Å². The average Bonchev–Trinajstić information content (AvgIpc) is 2.34. The molecule has 0 unspecified atom stereocenters. The van der Waals surface area contributed by atoms with E-state index in [0.29, 0.717) is 23.2 Å². The van der Waals surface area contributed by atoms with E-state index >= 15 is 0 Å². The van der Waals surface area contributed by atoms with E-state index in [1.165, 1.54) is 6.92 Å². The third-order valence-electron chi connectivity index (χ3n) is 3.02. The van der Waals surface area contributed by atoms with Crippen LogP contribution in [-0.2, 0) is 0 Å². The largest absolute Gasteiger partial charge is 0.398 e. The van der Waals surface area contributed by atoms with Gasteiger partial charge in [-0.2, -0.15) is 0 Å². The number of carbonyl (C=O) groups excluding carboxylic acids is 2. The van der Waals surface area contributed by atoms with Crippen molar-refractivity contribution in [3.05, 3.63) is 29.3 Å². The summed E-state index contributed by atoms with van der Waals surface area (Å²) in [4.78, 5) is 23.3. The molecule has 1 aromatic rings. The van der Waals surface area contributed by atoms with Crippen molar-refractivity contribution in [2.24, 2.45) is 0 Å². The summed E-state index contributed by atoms with van der Waals surface area (Å²) in [6, 6.07) is 4.90. The molecule has 0 spiro atoms. The number of nitrogens with two attached hydrogens (primary N) is 1. The van der Waals surface area contributed by atoms with Crippen LogP contribution in [0.5, 0.6) is 0 Å². The van der Waals surface area contributed by atoms with Crippen molar-refractivity contribution in [1.82, 2.24) is 0 Å². The molecule has 0 bridgehead atoms. The normalized spacial score (nSPS) is 10.3. The highest BCUT2D eigenvalue weighted by Crippen LogP contribution is 2.18. The Bertz CT molecular complexity index is 438. The highest BCUT2D eigenvalue weighted by atomic mass is 16.1. The van der Waals surface area contributed by atoms with Crippen LogP contribution in [0.2, 0.25) is 0 Å². The summed E-state index contributed by atoms with van der Waals surface area (Å²) in [5.74, 6) is -0.0123. The quantitative estimate of drug-likeness (QED) is 0.454. The maximum Gasteiger partial charge on any atom is 0.164 e. The van der Waals surface area contributed by atoms with Crippen LogP contribution in [0.4, 0.5) is 5.69 Å². The van der Waals surface area contributed by atoms with Crippen LogP contribution in [-0.4, -0.2) is 11.6 Å². The van der Waals surface area contributed by atoms with Crippen LogP contribution in [0, 0.1) is 0 Å². The summed E-state index contributed by atoms with van der Waals surface area (Å²) < 4.78 is 0. The first-order chi connectivity index (χ1) is 8.56. The molecule has 0 aliphatic heterocycles. The van der Waals surface area contributed by atoms with Gasteiger partial charge in [-0.3, -0.25) is 9.59 Å². The van der Waals surface area contributed by atoms with Gasteiger partial charge >= 0.3 is 0 Å². The molecule has 0 saturated heterocycles. The Morgan fingerprint density at radius 3 is 2.50 bits per heavy atom. The lowest BCUT2D eigenvalue weighted by molar-refractivity contribution is 0.0980. The van der Waals surface area contributed by atoms with Gasteiger partial charge in [0.2, 0.25) is 0 Å². The number of unbranched alkanes of at least 4 members (excludes halogenated alkanes) is 3. The Labute approximate surface area is 108 Å². The van der Waals surface area contributed by atoms with Crippen molar-refractivity contribution in [3.63, 3.8) is 0 Å². The van der Waals surface area contributed by atoms with E-state index in [2.05, 4.69) is 6.92 Å².